The summed E-state index contributed by atoms with van der Waals surface area (Å²) in [6.45, 7) is 9.49. The molecular formula is C25H28BrFN4O2. The van der Waals surface area contributed by atoms with Crippen LogP contribution in [0.15, 0.2) is 40.9 Å². The number of benzene rings is 2. The van der Waals surface area contributed by atoms with Gasteiger partial charge in [-0.1, -0.05) is 22.0 Å². The average Bonchev–Trinajstić information content (AvgIpc) is 2.77. The van der Waals surface area contributed by atoms with Crippen molar-refractivity contribution in [2.75, 3.05) is 37.6 Å². The number of hydrogen-bond acceptors (Lipinski definition) is 5. The molecule has 0 spiro atoms. The maximum Gasteiger partial charge on any atom is 0.410 e. The van der Waals surface area contributed by atoms with E-state index in [1.807, 2.05) is 37.8 Å². The third kappa shape index (κ3) is 5.31. The number of rotatable bonds is 2. The largest absolute Gasteiger partial charge is 0.444 e. The second-order valence-corrected chi connectivity index (χ2v) is 10.4. The smallest absolute Gasteiger partial charge is 0.410 e. The summed E-state index contributed by atoms with van der Waals surface area (Å²) >= 11 is 3.55. The molecule has 8 heteroatoms. The summed E-state index contributed by atoms with van der Waals surface area (Å²) < 4.78 is 21.1. The highest BCUT2D eigenvalue weighted by atomic mass is 79.9. The van der Waals surface area contributed by atoms with Crippen molar-refractivity contribution < 1.29 is 13.9 Å². The minimum absolute atomic E-state index is 0.0438. The lowest BCUT2D eigenvalue weighted by Gasteiger charge is -2.44. The zero-order chi connectivity index (χ0) is 23.8. The van der Waals surface area contributed by atoms with Crippen molar-refractivity contribution in [3.05, 3.63) is 63.4 Å². The number of ether oxygens (including phenoxy) is 1. The topological polar surface area (TPSA) is 59.8 Å². The number of amides is 1. The summed E-state index contributed by atoms with van der Waals surface area (Å²) in [6, 6.07) is 12.9. The summed E-state index contributed by atoms with van der Waals surface area (Å²) in [5, 5.41) is 8.99. The van der Waals surface area contributed by atoms with Gasteiger partial charge in [-0.3, -0.25) is 4.90 Å². The monoisotopic (exact) mass is 514 g/mol. The standard InChI is InChI=1S/C25H28BrFN4O2/c1-25(2,3)33-24(32)31-15-18-13-19(26)5-6-20(18)23(16-31)30-10-8-29(9-11-30)22-7-4-17(14-28)12-21(22)27/h4-7,12-13,23H,8-11,15-16H2,1-3H3. The number of piperazine rings is 1. The zero-order valence-electron chi connectivity index (χ0n) is 19.1. The van der Waals surface area contributed by atoms with Gasteiger partial charge in [0.1, 0.15) is 11.4 Å². The van der Waals surface area contributed by atoms with Crippen LogP contribution in [0.25, 0.3) is 0 Å². The molecular weight excluding hydrogens is 487 g/mol. The number of fused-ring (bicyclic) bond motifs is 1. The maximum atomic E-state index is 14.5. The number of nitrogens with zero attached hydrogens (tertiary/aromatic N) is 4. The van der Waals surface area contributed by atoms with Crippen LogP contribution >= 0.6 is 15.9 Å². The van der Waals surface area contributed by atoms with Gasteiger partial charge in [0.05, 0.1) is 23.4 Å². The van der Waals surface area contributed by atoms with E-state index in [1.54, 1.807) is 17.0 Å². The fourth-order valence-corrected chi connectivity index (χ4v) is 4.91. The van der Waals surface area contributed by atoms with Crippen LogP contribution in [0.5, 0.6) is 0 Å². The molecule has 1 fully saturated rings. The van der Waals surface area contributed by atoms with Crippen molar-refractivity contribution in [3.8, 4) is 6.07 Å². The van der Waals surface area contributed by atoms with Gasteiger partial charge in [0.2, 0.25) is 0 Å². The Kier molecular flexibility index (Phi) is 6.64. The van der Waals surface area contributed by atoms with Gasteiger partial charge < -0.3 is 14.5 Å². The van der Waals surface area contributed by atoms with Gasteiger partial charge in [0.15, 0.2) is 0 Å². The number of anilines is 1. The molecule has 0 aromatic heterocycles. The lowest BCUT2D eigenvalue weighted by Crippen LogP contribution is -2.52. The van der Waals surface area contributed by atoms with Gasteiger partial charge in [-0.15, -0.1) is 0 Å². The van der Waals surface area contributed by atoms with Gasteiger partial charge in [0.25, 0.3) is 0 Å². The molecule has 0 aliphatic carbocycles. The van der Waals surface area contributed by atoms with E-state index in [0.717, 1.165) is 23.1 Å². The van der Waals surface area contributed by atoms with Gasteiger partial charge in [0, 0.05) is 43.7 Å². The Morgan fingerprint density at radius 2 is 1.88 bits per heavy atom. The summed E-state index contributed by atoms with van der Waals surface area (Å²) in [4.78, 5) is 19.0. The summed E-state index contributed by atoms with van der Waals surface area (Å²) in [6.07, 6.45) is -0.309. The minimum Gasteiger partial charge on any atom is -0.444 e. The van der Waals surface area contributed by atoms with E-state index in [2.05, 4.69) is 33.0 Å². The van der Waals surface area contributed by atoms with Crippen molar-refractivity contribution in [2.24, 2.45) is 0 Å². The highest BCUT2D eigenvalue weighted by Gasteiger charge is 2.35. The normalized spacial score (nSPS) is 19.1. The second-order valence-electron chi connectivity index (χ2n) is 9.52. The molecule has 2 aromatic rings. The molecule has 2 aromatic carbocycles. The first-order valence-corrected chi connectivity index (χ1v) is 11.9. The number of halogens is 2. The van der Waals surface area contributed by atoms with Crippen molar-refractivity contribution in [3.63, 3.8) is 0 Å². The van der Waals surface area contributed by atoms with E-state index >= 15 is 0 Å². The van der Waals surface area contributed by atoms with Crippen LogP contribution < -0.4 is 4.90 Å². The Balaban J connectivity index is 1.52. The number of nitriles is 1. The summed E-state index contributed by atoms with van der Waals surface area (Å²) in [7, 11) is 0. The Hall–Kier alpha value is -2.63. The van der Waals surface area contributed by atoms with Crippen LogP contribution in [-0.4, -0.2) is 54.2 Å². The average molecular weight is 515 g/mol. The minimum atomic E-state index is -0.555. The van der Waals surface area contributed by atoms with Crippen LogP contribution in [-0.2, 0) is 11.3 Å². The Morgan fingerprint density at radius 1 is 1.15 bits per heavy atom. The van der Waals surface area contributed by atoms with Gasteiger partial charge in [-0.25, -0.2) is 9.18 Å². The first-order chi connectivity index (χ1) is 15.6. The molecule has 1 atom stereocenters. The molecule has 0 radical (unpaired) electrons. The van der Waals surface area contributed by atoms with Crippen LogP contribution in [0.1, 0.15) is 43.5 Å². The summed E-state index contributed by atoms with van der Waals surface area (Å²) in [5.74, 6) is -0.369. The fourth-order valence-electron chi connectivity index (χ4n) is 4.50. The lowest BCUT2D eigenvalue weighted by molar-refractivity contribution is 0.0130. The van der Waals surface area contributed by atoms with Crippen LogP contribution in [0.2, 0.25) is 0 Å². The van der Waals surface area contributed by atoms with E-state index in [-0.39, 0.29) is 18.0 Å². The molecule has 0 saturated carbocycles. The lowest BCUT2D eigenvalue weighted by atomic mass is 9.94. The number of carbonyl (C=O) groups is 1. The second kappa shape index (κ2) is 9.32. The molecule has 2 aliphatic heterocycles. The predicted octanol–water partition coefficient (Wildman–Crippen LogP) is 5.07. The van der Waals surface area contributed by atoms with E-state index in [4.69, 9.17) is 10.00 Å². The fraction of sp³-hybridized carbons (Fsp3) is 0.440. The zero-order valence-corrected chi connectivity index (χ0v) is 20.7. The molecule has 6 nitrogen and oxygen atoms in total. The molecule has 0 bridgehead atoms. The van der Waals surface area contributed by atoms with E-state index < -0.39 is 5.60 Å². The molecule has 0 N–H and O–H groups in total. The quantitative estimate of drug-likeness (QED) is 0.559. The highest BCUT2D eigenvalue weighted by Crippen LogP contribution is 2.35. The third-order valence-electron chi connectivity index (χ3n) is 6.04. The molecule has 1 amide bonds. The molecule has 2 aliphatic rings. The van der Waals surface area contributed by atoms with Gasteiger partial charge in [-0.2, -0.15) is 5.26 Å². The van der Waals surface area contributed by atoms with E-state index in [9.17, 15) is 9.18 Å². The third-order valence-corrected chi connectivity index (χ3v) is 6.54. The molecule has 1 saturated heterocycles. The van der Waals surface area contributed by atoms with Gasteiger partial charge in [-0.05, 0) is 62.2 Å². The molecule has 33 heavy (non-hydrogen) atoms. The van der Waals surface area contributed by atoms with E-state index in [1.165, 1.54) is 11.6 Å². The molecule has 1 unspecified atom stereocenters. The van der Waals surface area contributed by atoms with Crippen molar-refractivity contribution in [1.82, 2.24) is 9.80 Å². The van der Waals surface area contributed by atoms with Crippen LogP contribution in [0.4, 0.5) is 14.9 Å². The van der Waals surface area contributed by atoms with Crippen molar-refractivity contribution in [1.29, 1.82) is 5.26 Å². The van der Waals surface area contributed by atoms with Crippen molar-refractivity contribution >= 4 is 27.7 Å². The maximum absolute atomic E-state index is 14.5. The molecule has 4 rings (SSSR count). The first kappa shape index (κ1) is 23.5. The molecule has 174 valence electrons. The molecule has 2 heterocycles. The van der Waals surface area contributed by atoms with Crippen LogP contribution in [0, 0.1) is 17.1 Å². The number of hydrogen-bond donors (Lipinski definition) is 0. The van der Waals surface area contributed by atoms with E-state index in [0.29, 0.717) is 37.4 Å². The van der Waals surface area contributed by atoms with Crippen LogP contribution in [0.3, 0.4) is 0 Å². The van der Waals surface area contributed by atoms with Crippen molar-refractivity contribution in [2.45, 2.75) is 39.0 Å². The number of carbonyl (C=O) groups excluding carboxylic acids is 1. The Labute approximate surface area is 202 Å². The van der Waals surface area contributed by atoms with Gasteiger partial charge >= 0.3 is 6.09 Å². The Bertz CT molecular complexity index is 1090. The summed E-state index contributed by atoms with van der Waals surface area (Å²) in [5.41, 5.74) is 2.61. The first-order valence-electron chi connectivity index (χ1n) is 11.1. The highest BCUT2D eigenvalue weighted by molar-refractivity contribution is 9.10. The predicted molar refractivity (Wildman–Crippen MR) is 128 cm³/mol. The SMILES string of the molecule is CC(C)(C)OC(=O)N1Cc2cc(Br)ccc2C(N2CCN(c3ccc(C#N)cc3F)CC2)C1. The Morgan fingerprint density at radius 3 is 2.52 bits per heavy atom.